The molecule has 2 N–H and O–H groups in total. The number of hydrogen-bond donors (Lipinski definition) is 2. The summed E-state index contributed by atoms with van der Waals surface area (Å²) in [5, 5.41) is 20.0. The fraction of sp³-hybridized carbons (Fsp3) is 0.100. The minimum absolute atomic E-state index is 0.00895. The molecule has 0 amide bonds. The second-order valence-electron chi connectivity index (χ2n) is 3.04. The SMILES string of the molecule is CSC(=Nc1c(Br)cc(Br)c(F)c1C(=O)O)NC#N. The van der Waals surface area contributed by atoms with Gasteiger partial charge >= 0.3 is 5.97 Å². The second-order valence-corrected chi connectivity index (χ2v) is 5.54. The van der Waals surface area contributed by atoms with Gasteiger partial charge in [0.05, 0.1) is 10.2 Å². The van der Waals surface area contributed by atoms with Gasteiger partial charge < -0.3 is 5.11 Å². The molecular formula is C10H6Br2FN3O2S. The fourth-order valence-electron chi connectivity index (χ4n) is 1.16. The smallest absolute Gasteiger partial charge is 0.341 e. The highest BCUT2D eigenvalue weighted by atomic mass is 79.9. The Balaban J connectivity index is 3.55. The van der Waals surface area contributed by atoms with Crippen LogP contribution in [0.3, 0.4) is 0 Å². The third-order valence-corrected chi connectivity index (χ3v) is 3.69. The van der Waals surface area contributed by atoms with Crippen molar-refractivity contribution in [3.63, 3.8) is 0 Å². The predicted octanol–water partition coefficient (Wildman–Crippen LogP) is 3.47. The monoisotopic (exact) mass is 409 g/mol. The average Bonchev–Trinajstić information content (AvgIpc) is 2.34. The summed E-state index contributed by atoms with van der Waals surface area (Å²) in [4.78, 5) is 15.1. The zero-order valence-electron chi connectivity index (χ0n) is 9.37. The van der Waals surface area contributed by atoms with E-state index in [1.54, 1.807) is 12.4 Å². The Morgan fingerprint density at radius 3 is 2.68 bits per heavy atom. The molecule has 0 saturated heterocycles. The zero-order chi connectivity index (χ0) is 14.6. The van der Waals surface area contributed by atoms with E-state index < -0.39 is 17.3 Å². The largest absolute Gasteiger partial charge is 0.478 e. The van der Waals surface area contributed by atoms with Gasteiger partial charge in [0, 0.05) is 4.47 Å². The Morgan fingerprint density at radius 2 is 2.21 bits per heavy atom. The minimum Gasteiger partial charge on any atom is -0.478 e. The molecule has 9 heteroatoms. The highest BCUT2D eigenvalue weighted by molar-refractivity contribution is 9.11. The number of nitrogens with zero attached hydrogens (tertiary/aromatic N) is 2. The zero-order valence-corrected chi connectivity index (χ0v) is 13.4. The van der Waals surface area contributed by atoms with Crippen molar-refractivity contribution in [2.75, 3.05) is 6.26 Å². The number of thioether (sulfide) groups is 1. The third-order valence-electron chi connectivity index (χ3n) is 1.93. The second kappa shape index (κ2) is 6.88. The van der Waals surface area contributed by atoms with Gasteiger partial charge in [-0.1, -0.05) is 11.8 Å². The van der Waals surface area contributed by atoms with Crippen LogP contribution in [0.15, 0.2) is 20.0 Å². The van der Waals surface area contributed by atoms with Gasteiger partial charge in [0.25, 0.3) is 0 Å². The molecule has 0 aliphatic rings. The molecule has 1 rings (SSSR count). The Bertz CT molecular complexity index is 601. The van der Waals surface area contributed by atoms with E-state index in [0.29, 0.717) is 4.47 Å². The molecule has 0 heterocycles. The number of halogens is 3. The predicted molar refractivity (Wildman–Crippen MR) is 78.1 cm³/mol. The summed E-state index contributed by atoms with van der Waals surface area (Å²) in [6, 6.07) is 1.35. The standard InChI is InChI=1S/C10H6Br2FN3O2S/c1-19-10(15-3-14)16-8-5(12)2-4(11)7(13)6(8)9(17)18/h2H,1H3,(H,15,16)(H,17,18). The van der Waals surface area contributed by atoms with E-state index in [4.69, 9.17) is 10.4 Å². The summed E-state index contributed by atoms with van der Waals surface area (Å²) in [6.07, 6.45) is 3.31. The fourth-order valence-corrected chi connectivity index (χ4v) is 2.74. The average molecular weight is 411 g/mol. The number of nitrogens with one attached hydrogen (secondary N) is 1. The van der Waals surface area contributed by atoms with Crippen molar-refractivity contribution >= 4 is 60.4 Å². The minimum atomic E-state index is -1.45. The van der Waals surface area contributed by atoms with E-state index in [1.807, 2.05) is 0 Å². The molecule has 19 heavy (non-hydrogen) atoms. The third kappa shape index (κ3) is 3.68. The van der Waals surface area contributed by atoms with E-state index in [9.17, 15) is 9.18 Å². The van der Waals surface area contributed by atoms with Gasteiger partial charge in [-0.15, -0.1) is 0 Å². The number of rotatable bonds is 2. The molecule has 1 aromatic rings. The van der Waals surface area contributed by atoms with Crippen LogP contribution in [-0.2, 0) is 0 Å². The summed E-state index contributed by atoms with van der Waals surface area (Å²) in [6.45, 7) is 0. The first-order valence-corrected chi connectivity index (χ1v) is 7.42. The molecule has 0 aliphatic carbocycles. The molecule has 0 spiro atoms. The maximum Gasteiger partial charge on any atom is 0.341 e. The Kier molecular flexibility index (Phi) is 5.78. The molecule has 0 aromatic heterocycles. The lowest BCUT2D eigenvalue weighted by atomic mass is 10.1. The quantitative estimate of drug-likeness (QED) is 0.256. The number of aromatic carboxylic acids is 1. The van der Waals surface area contributed by atoms with Gasteiger partial charge in [-0.3, -0.25) is 5.32 Å². The Labute approximate surface area is 129 Å². The first-order chi connectivity index (χ1) is 8.92. The Hall–Kier alpha value is -1.11. The van der Waals surface area contributed by atoms with Crippen LogP contribution in [0.5, 0.6) is 0 Å². The number of carbonyl (C=O) groups is 1. The number of carboxylic acid groups (broad SMARTS) is 1. The molecule has 0 bridgehead atoms. The van der Waals surface area contributed by atoms with E-state index >= 15 is 0 Å². The number of nitriles is 1. The van der Waals surface area contributed by atoms with Crippen LogP contribution >= 0.6 is 43.6 Å². The van der Waals surface area contributed by atoms with Gasteiger partial charge in [0.2, 0.25) is 0 Å². The summed E-state index contributed by atoms with van der Waals surface area (Å²) >= 11 is 7.14. The Morgan fingerprint density at radius 1 is 1.58 bits per heavy atom. The summed E-state index contributed by atoms with van der Waals surface area (Å²) in [7, 11) is 0. The van der Waals surface area contributed by atoms with Crippen molar-refractivity contribution in [1.82, 2.24) is 5.32 Å². The molecule has 0 radical (unpaired) electrons. The molecular weight excluding hydrogens is 405 g/mol. The molecule has 0 saturated carbocycles. The normalized spacial score (nSPS) is 11.0. The highest BCUT2D eigenvalue weighted by Crippen LogP contribution is 2.36. The van der Waals surface area contributed by atoms with Gasteiger partial charge in [-0.25, -0.2) is 14.2 Å². The maximum absolute atomic E-state index is 13.8. The van der Waals surface area contributed by atoms with Crippen LogP contribution in [0.2, 0.25) is 0 Å². The number of benzene rings is 1. The lowest BCUT2D eigenvalue weighted by molar-refractivity contribution is 0.0692. The van der Waals surface area contributed by atoms with Gasteiger partial charge in [-0.05, 0) is 44.2 Å². The molecule has 1 aromatic carbocycles. The van der Waals surface area contributed by atoms with E-state index in [0.717, 1.165) is 11.8 Å². The van der Waals surface area contributed by atoms with E-state index in [2.05, 4.69) is 42.2 Å². The van der Waals surface area contributed by atoms with Crippen molar-refractivity contribution in [2.24, 2.45) is 4.99 Å². The molecule has 0 atom stereocenters. The van der Waals surface area contributed by atoms with Crippen LogP contribution in [0.25, 0.3) is 0 Å². The number of hydrogen-bond acceptors (Lipinski definition) is 4. The molecule has 5 nitrogen and oxygen atoms in total. The first kappa shape index (κ1) is 15.9. The van der Waals surface area contributed by atoms with Gasteiger partial charge in [-0.2, -0.15) is 5.26 Å². The van der Waals surface area contributed by atoms with Crippen molar-refractivity contribution in [3.05, 3.63) is 26.4 Å². The summed E-state index contributed by atoms with van der Waals surface area (Å²) < 4.78 is 14.1. The van der Waals surface area contributed by atoms with E-state index in [1.165, 1.54) is 6.07 Å². The summed E-state index contributed by atoms with van der Waals surface area (Å²) in [5.74, 6) is -2.37. The van der Waals surface area contributed by atoms with Crippen molar-refractivity contribution in [1.29, 1.82) is 5.26 Å². The molecule has 0 unspecified atom stereocenters. The van der Waals surface area contributed by atoms with Crippen LogP contribution in [0, 0.1) is 17.3 Å². The molecule has 100 valence electrons. The van der Waals surface area contributed by atoms with Crippen molar-refractivity contribution < 1.29 is 14.3 Å². The first-order valence-electron chi connectivity index (χ1n) is 4.61. The number of amidine groups is 1. The van der Waals surface area contributed by atoms with Gasteiger partial charge in [0.1, 0.15) is 5.56 Å². The molecule has 0 aliphatic heterocycles. The van der Waals surface area contributed by atoms with Crippen molar-refractivity contribution in [3.8, 4) is 6.19 Å². The van der Waals surface area contributed by atoms with Crippen LogP contribution in [0.1, 0.15) is 10.4 Å². The van der Waals surface area contributed by atoms with Crippen LogP contribution in [-0.4, -0.2) is 22.5 Å². The number of aliphatic imine (C=N–C) groups is 1. The van der Waals surface area contributed by atoms with Crippen LogP contribution < -0.4 is 5.32 Å². The highest BCUT2D eigenvalue weighted by Gasteiger charge is 2.22. The lowest BCUT2D eigenvalue weighted by Gasteiger charge is -2.08. The van der Waals surface area contributed by atoms with Crippen LogP contribution in [0.4, 0.5) is 10.1 Å². The summed E-state index contributed by atoms with van der Waals surface area (Å²) in [5.41, 5.74) is -0.673. The molecule has 0 fully saturated rings. The maximum atomic E-state index is 13.8. The van der Waals surface area contributed by atoms with Crippen molar-refractivity contribution in [2.45, 2.75) is 0 Å². The lowest BCUT2D eigenvalue weighted by Crippen LogP contribution is -2.13. The van der Waals surface area contributed by atoms with E-state index in [-0.39, 0.29) is 15.3 Å². The van der Waals surface area contributed by atoms with Gasteiger partial charge in [0.15, 0.2) is 17.2 Å². The number of carboxylic acids is 1. The topological polar surface area (TPSA) is 85.5 Å².